The summed E-state index contributed by atoms with van der Waals surface area (Å²) >= 11 is 5.75. The molecule has 19 heavy (non-hydrogen) atoms. The number of hydrogen-bond donors (Lipinski definition) is 1. The van der Waals surface area contributed by atoms with E-state index in [1.165, 1.54) is 0 Å². The van der Waals surface area contributed by atoms with Crippen LogP contribution in [0.4, 0.5) is 10.1 Å². The highest BCUT2D eigenvalue weighted by Gasteiger charge is 2.20. The van der Waals surface area contributed by atoms with Crippen molar-refractivity contribution in [2.45, 2.75) is 25.1 Å². The lowest BCUT2D eigenvalue weighted by Crippen LogP contribution is -2.25. The van der Waals surface area contributed by atoms with Crippen LogP contribution in [-0.4, -0.2) is 22.8 Å². The second-order valence-electron chi connectivity index (χ2n) is 4.10. The number of nitrogens with zero attached hydrogens (tertiary/aromatic N) is 1. The summed E-state index contributed by atoms with van der Waals surface area (Å²) in [4.78, 5) is 21.7. The number of benzene rings is 1. The second-order valence-corrected chi connectivity index (χ2v) is 4.84. The Hall–Kier alpha value is -1.69. The van der Waals surface area contributed by atoms with Crippen LogP contribution in [-0.2, 0) is 0 Å². The lowest BCUT2D eigenvalue weighted by Gasteiger charge is -2.06. The van der Waals surface area contributed by atoms with E-state index in [1.54, 1.807) is 0 Å². The molecule has 1 N–H and O–H groups in total. The molecule has 0 aliphatic rings. The van der Waals surface area contributed by atoms with E-state index < -0.39 is 22.3 Å². The number of halogens is 2. The highest BCUT2D eigenvalue weighted by Crippen LogP contribution is 2.19. The summed E-state index contributed by atoms with van der Waals surface area (Å²) in [6.45, 7) is 2.21. The zero-order valence-electron chi connectivity index (χ0n) is 10.4. The van der Waals surface area contributed by atoms with Gasteiger partial charge in [-0.2, -0.15) is 0 Å². The molecule has 0 heterocycles. The van der Waals surface area contributed by atoms with Crippen molar-refractivity contribution < 1.29 is 14.1 Å². The number of nitro groups is 1. The molecule has 0 aromatic heterocycles. The Bertz CT molecular complexity index is 480. The number of amides is 1. The van der Waals surface area contributed by atoms with Gasteiger partial charge in [0.25, 0.3) is 11.6 Å². The van der Waals surface area contributed by atoms with E-state index in [-0.39, 0.29) is 10.9 Å². The smallest absolute Gasteiger partial charge is 0.285 e. The van der Waals surface area contributed by atoms with Crippen molar-refractivity contribution in [3.05, 3.63) is 39.7 Å². The Morgan fingerprint density at radius 2 is 2.26 bits per heavy atom. The molecule has 0 aliphatic carbocycles. The molecule has 1 amide bonds. The first kappa shape index (κ1) is 15.4. The topological polar surface area (TPSA) is 72.2 Å². The van der Waals surface area contributed by atoms with Gasteiger partial charge in [0, 0.05) is 11.9 Å². The molecule has 0 saturated heterocycles. The fourth-order valence-corrected chi connectivity index (χ4v) is 1.68. The van der Waals surface area contributed by atoms with Gasteiger partial charge in [-0.25, -0.2) is 4.39 Å². The monoisotopic (exact) mass is 288 g/mol. The standard InChI is InChI=1S/C12H14ClFN2O3/c1-8(13)3-2-6-15-12(17)10-5-4-9(14)7-11(10)16(18)19/h4-5,7-8H,2-3,6H2,1H3,(H,15,17). The third-order valence-electron chi connectivity index (χ3n) is 2.47. The van der Waals surface area contributed by atoms with Crippen LogP contribution < -0.4 is 5.32 Å². The SMILES string of the molecule is CC(Cl)CCCNC(=O)c1ccc(F)cc1[N+](=O)[O-]. The highest BCUT2D eigenvalue weighted by atomic mass is 35.5. The van der Waals surface area contributed by atoms with Crippen LogP contribution >= 0.6 is 11.6 Å². The zero-order chi connectivity index (χ0) is 14.4. The third kappa shape index (κ3) is 4.82. The minimum Gasteiger partial charge on any atom is -0.352 e. The number of nitrogens with one attached hydrogen (secondary N) is 1. The second kappa shape index (κ2) is 7.04. The first-order valence-electron chi connectivity index (χ1n) is 5.78. The van der Waals surface area contributed by atoms with Crippen molar-refractivity contribution in [3.8, 4) is 0 Å². The van der Waals surface area contributed by atoms with E-state index in [1.807, 2.05) is 6.92 Å². The molecule has 0 bridgehead atoms. The number of carbonyl (C=O) groups is 1. The predicted octanol–water partition coefficient (Wildman–Crippen LogP) is 2.87. The number of carbonyl (C=O) groups excluding carboxylic acids is 1. The number of hydrogen-bond acceptors (Lipinski definition) is 3. The van der Waals surface area contributed by atoms with Gasteiger partial charge in [-0.05, 0) is 31.9 Å². The average Bonchev–Trinajstić information content (AvgIpc) is 2.33. The Morgan fingerprint density at radius 1 is 1.58 bits per heavy atom. The number of alkyl halides is 1. The molecular weight excluding hydrogens is 275 g/mol. The largest absolute Gasteiger partial charge is 0.352 e. The van der Waals surface area contributed by atoms with E-state index in [0.29, 0.717) is 13.0 Å². The van der Waals surface area contributed by atoms with Gasteiger partial charge in [-0.3, -0.25) is 14.9 Å². The average molecular weight is 289 g/mol. The number of rotatable bonds is 6. The van der Waals surface area contributed by atoms with Gasteiger partial charge in [0.15, 0.2) is 0 Å². The van der Waals surface area contributed by atoms with Crippen LogP contribution in [0.15, 0.2) is 18.2 Å². The minimum absolute atomic E-state index is 0.0112. The van der Waals surface area contributed by atoms with Gasteiger partial charge >= 0.3 is 0 Å². The Labute approximate surface area is 114 Å². The summed E-state index contributed by atoms with van der Waals surface area (Å²) in [6, 6.07) is 2.85. The fourth-order valence-electron chi connectivity index (χ4n) is 1.53. The van der Waals surface area contributed by atoms with Crippen molar-refractivity contribution in [2.75, 3.05) is 6.54 Å². The van der Waals surface area contributed by atoms with Gasteiger partial charge in [-0.1, -0.05) is 0 Å². The molecule has 104 valence electrons. The van der Waals surface area contributed by atoms with E-state index in [4.69, 9.17) is 11.6 Å². The summed E-state index contributed by atoms with van der Waals surface area (Å²) < 4.78 is 12.9. The Morgan fingerprint density at radius 3 is 2.84 bits per heavy atom. The van der Waals surface area contributed by atoms with E-state index >= 15 is 0 Å². The first-order valence-corrected chi connectivity index (χ1v) is 6.21. The molecule has 0 spiro atoms. The van der Waals surface area contributed by atoms with Crippen LogP contribution in [0.5, 0.6) is 0 Å². The molecule has 0 saturated carbocycles. The van der Waals surface area contributed by atoms with Crippen molar-refractivity contribution in [1.82, 2.24) is 5.32 Å². The van der Waals surface area contributed by atoms with Gasteiger partial charge in [0.2, 0.25) is 0 Å². The summed E-state index contributed by atoms with van der Waals surface area (Å²) in [5.74, 6) is -1.34. The molecule has 7 heteroatoms. The minimum atomic E-state index is -0.779. The Kier molecular flexibility index (Phi) is 5.69. The molecule has 0 radical (unpaired) electrons. The molecule has 1 rings (SSSR count). The molecular formula is C12H14ClFN2O3. The van der Waals surface area contributed by atoms with Crippen LogP contribution in [0.25, 0.3) is 0 Å². The summed E-state index contributed by atoms with van der Waals surface area (Å²) in [6.07, 6.45) is 1.40. The molecule has 1 aromatic rings. The molecule has 0 fully saturated rings. The van der Waals surface area contributed by atoms with E-state index in [9.17, 15) is 19.3 Å². The lowest BCUT2D eigenvalue weighted by atomic mass is 10.1. The molecule has 1 unspecified atom stereocenters. The van der Waals surface area contributed by atoms with Gasteiger partial charge in [-0.15, -0.1) is 11.6 Å². The van der Waals surface area contributed by atoms with E-state index in [0.717, 1.165) is 24.6 Å². The van der Waals surface area contributed by atoms with Gasteiger partial charge in [0.05, 0.1) is 11.0 Å². The third-order valence-corrected chi connectivity index (χ3v) is 2.68. The van der Waals surface area contributed by atoms with Crippen molar-refractivity contribution in [1.29, 1.82) is 0 Å². The zero-order valence-corrected chi connectivity index (χ0v) is 11.1. The van der Waals surface area contributed by atoms with Crippen LogP contribution in [0.3, 0.4) is 0 Å². The van der Waals surface area contributed by atoms with Crippen LogP contribution in [0.1, 0.15) is 30.1 Å². The van der Waals surface area contributed by atoms with Crippen molar-refractivity contribution in [2.24, 2.45) is 0 Å². The molecule has 1 aromatic carbocycles. The van der Waals surface area contributed by atoms with Crippen molar-refractivity contribution in [3.63, 3.8) is 0 Å². The Balaban J connectivity index is 2.69. The summed E-state index contributed by atoms with van der Waals surface area (Å²) in [5, 5.41) is 13.3. The maximum atomic E-state index is 12.9. The molecule has 1 atom stereocenters. The summed E-state index contributed by atoms with van der Waals surface area (Å²) in [5.41, 5.74) is -0.687. The van der Waals surface area contributed by atoms with Crippen LogP contribution in [0.2, 0.25) is 0 Å². The van der Waals surface area contributed by atoms with Gasteiger partial charge < -0.3 is 5.32 Å². The quantitative estimate of drug-likeness (QED) is 0.379. The summed E-state index contributed by atoms with van der Waals surface area (Å²) in [7, 11) is 0. The first-order chi connectivity index (χ1) is 8.91. The molecule has 5 nitrogen and oxygen atoms in total. The van der Waals surface area contributed by atoms with Gasteiger partial charge in [0.1, 0.15) is 11.4 Å². The number of nitro benzene ring substituents is 1. The normalized spacial score (nSPS) is 11.9. The lowest BCUT2D eigenvalue weighted by molar-refractivity contribution is -0.385. The fraction of sp³-hybridized carbons (Fsp3) is 0.417. The highest BCUT2D eigenvalue weighted by molar-refractivity contribution is 6.20. The molecule has 0 aliphatic heterocycles. The van der Waals surface area contributed by atoms with Crippen LogP contribution in [0, 0.1) is 15.9 Å². The maximum absolute atomic E-state index is 12.9. The van der Waals surface area contributed by atoms with Crippen molar-refractivity contribution >= 4 is 23.2 Å². The van der Waals surface area contributed by atoms with E-state index in [2.05, 4.69) is 5.32 Å². The maximum Gasteiger partial charge on any atom is 0.285 e. The predicted molar refractivity (Wildman–Crippen MR) is 69.9 cm³/mol.